The summed E-state index contributed by atoms with van der Waals surface area (Å²) in [7, 11) is -3.76. The van der Waals surface area contributed by atoms with E-state index in [9.17, 15) is 18.0 Å². The Morgan fingerprint density at radius 2 is 1.97 bits per heavy atom. The van der Waals surface area contributed by atoms with Crippen LogP contribution < -0.4 is 15.4 Å². The van der Waals surface area contributed by atoms with Crippen LogP contribution in [0.15, 0.2) is 35.4 Å². The van der Waals surface area contributed by atoms with Gasteiger partial charge in [-0.05, 0) is 56.0 Å². The third kappa shape index (κ3) is 4.40. The first-order valence-electron chi connectivity index (χ1n) is 10.0. The lowest BCUT2D eigenvalue weighted by molar-refractivity contribution is -0.121. The Kier molecular flexibility index (Phi) is 5.67. The highest BCUT2D eigenvalue weighted by molar-refractivity contribution is 7.89. The molecule has 0 radical (unpaired) electrons. The summed E-state index contributed by atoms with van der Waals surface area (Å²) >= 11 is 0. The molecule has 9 nitrogen and oxygen atoms in total. The minimum Gasteiger partial charge on any atom is -0.482 e. The second-order valence-electron chi connectivity index (χ2n) is 7.84. The van der Waals surface area contributed by atoms with Gasteiger partial charge in [-0.2, -0.15) is 4.31 Å². The molecular formula is C21H24N4O5S. The molecule has 1 aromatic carbocycles. The Bertz CT molecular complexity index is 1140. The second-order valence-corrected chi connectivity index (χ2v) is 9.74. The third-order valence-corrected chi connectivity index (χ3v) is 7.56. The van der Waals surface area contributed by atoms with Crippen LogP contribution in [0, 0.1) is 19.8 Å². The van der Waals surface area contributed by atoms with Gasteiger partial charge in [-0.25, -0.2) is 13.4 Å². The first kappa shape index (κ1) is 21.3. The Labute approximate surface area is 180 Å². The molecule has 4 rings (SSSR count). The van der Waals surface area contributed by atoms with E-state index in [1.54, 1.807) is 25.3 Å². The molecule has 1 saturated heterocycles. The van der Waals surface area contributed by atoms with Gasteiger partial charge in [0.1, 0.15) is 11.6 Å². The molecule has 2 amide bonds. The van der Waals surface area contributed by atoms with Gasteiger partial charge in [0.05, 0.1) is 10.6 Å². The molecule has 0 atom stereocenters. The number of carbonyl (C=O) groups excluding carboxylic acids is 2. The van der Waals surface area contributed by atoms with Crippen LogP contribution in [0.25, 0.3) is 0 Å². The number of nitrogens with zero attached hydrogens (tertiary/aromatic N) is 2. The van der Waals surface area contributed by atoms with E-state index in [1.807, 2.05) is 13.0 Å². The van der Waals surface area contributed by atoms with Crippen molar-refractivity contribution in [2.45, 2.75) is 31.6 Å². The van der Waals surface area contributed by atoms with Gasteiger partial charge in [-0.15, -0.1) is 0 Å². The number of piperidine rings is 1. The first-order valence-corrected chi connectivity index (χ1v) is 11.5. The fourth-order valence-electron chi connectivity index (χ4n) is 3.82. The van der Waals surface area contributed by atoms with E-state index in [2.05, 4.69) is 15.6 Å². The monoisotopic (exact) mass is 444 g/mol. The summed E-state index contributed by atoms with van der Waals surface area (Å²) < 4.78 is 33.2. The zero-order chi connectivity index (χ0) is 22.2. The Hall–Kier alpha value is -2.98. The van der Waals surface area contributed by atoms with E-state index in [1.165, 1.54) is 10.4 Å². The largest absolute Gasteiger partial charge is 0.482 e. The molecule has 0 bridgehead atoms. The molecule has 1 aromatic heterocycles. The molecule has 164 valence electrons. The van der Waals surface area contributed by atoms with Gasteiger partial charge < -0.3 is 15.4 Å². The average molecular weight is 445 g/mol. The topological polar surface area (TPSA) is 118 Å². The van der Waals surface area contributed by atoms with Crippen molar-refractivity contribution in [3.05, 3.63) is 41.6 Å². The Morgan fingerprint density at radius 3 is 2.68 bits per heavy atom. The molecule has 0 spiro atoms. The number of carbonyl (C=O) groups is 2. The van der Waals surface area contributed by atoms with Crippen LogP contribution in [0.1, 0.15) is 24.0 Å². The highest BCUT2D eigenvalue weighted by Gasteiger charge is 2.34. The predicted molar refractivity (Wildman–Crippen MR) is 114 cm³/mol. The van der Waals surface area contributed by atoms with Crippen LogP contribution >= 0.6 is 0 Å². The van der Waals surface area contributed by atoms with E-state index in [0.717, 1.165) is 5.56 Å². The molecule has 31 heavy (non-hydrogen) atoms. The number of ether oxygens (including phenoxy) is 1. The maximum absolute atomic E-state index is 13.2. The van der Waals surface area contributed by atoms with Crippen molar-refractivity contribution in [2.24, 2.45) is 5.92 Å². The minimum absolute atomic E-state index is 0.147. The van der Waals surface area contributed by atoms with E-state index in [4.69, 9.17) is 4.74 Å². The molecule has 2 N–H and O–H groups in total. The first-order chi connectivity index (χ1) is 14.7. The number of amides is 2. The summed E-state index contributed by atoms with van der Waals surface area (Å²) in [6, 6.07) is 6.71. The lowest BCUT2D eigenvalue weighted by Crippen LogP contribution is -2.41. The highest BCUT2D eigenvalue weighted by Crippen LogP contribution is 2.35. The van der Waals surface area contributed by atoms with Crippen molar-refractivity contribution in [1.29, 1.82) is 0 Å². The summed E-state index contributed by atoms with van der Waals surface area (Å²) in [5.74, 6) is 0.130. The molecule has 3 heterocycles. The third-order valence-electron chi connectivity index (χ3n) is 5.52. The molecule has 0 aliphatic carbocycles. The van der Waals surface area contributed by atoms with Crippen molar-refractivity contribution < 1.29 is 22.7 Å². The number of aryl methyl sites for hydroxylation is 2. The molecular weight excluding hydrogens is 420 g/mol. The molecule has 2 aromatic rings. The fraction of sp³-hybridized carbons (Fsp3) is 0.381. The van der Waals surface area contributed by atoms with E-state index >= 15 is 0 Å². The number of hydrogen-bond donors (Lipinski definition) is 2. The van der Waals surface area contributed by atoms with Gasteiger partial charge in [0, 0.05) is 31.3 Å². The average Bonchev–Trinajstić information content (AvgIpc) is 2.73. The molecule has 1 fully saturated rings. The van der Waals surface area contributed by atoms with Crippen molar-refractivity contribution >= 4 is 33.3 Å². The lowest BCUT2D eigenvalue weighted by Gasteiger charge is -2.31. The maximum Gasteiger partial charge on any atom is 0.262 e. The van der Waals surface area contributed by atoms with Crippen molar-refractivity contribution in [3.8, 4) is 5.75 Å². The summed E-state index contributed by atoms with van der Waals surface area (Å²) in [4.78, 5) is 28.4. The number of anilines is 2. The van der Waals surface area contributed by atoms with Crippen LogP contribution in [0.5, 0.6) is 5.75 Å². The lowest BCUT2D eigenvalue weighted by atomic mass is 9.97. The summed E-state index contributed by atoms with van der Waals surface area (Å²) in [6.45, 7) is 3.95. The van der Waals surface area contributed by atoms with Gasteiger partial charge in [0.2, 0.25) is 15.9 Å². The fourth-order valence-corrected chi connectivity index (χ4v) is 5.52. The SMILES string of the molecule is Cc1ccnc(NC(=O)C2CCN(S(=O)(=O)c3cc4c(cc3C)NC(=O)CO4)CC2)c1. The number of hydrogen-bond acceptors (Lipinski definition) is 6. The van der Waals surface area contributed by atoms with E-state index in [-0.39, 0.29) is 42.3 Å². The van der Waals surface area contributed by atoms with Gasteiger partial charge in [0.15, 0.2) is 6.61 Å². The normalized spacial score (nSPS) is 17.4. The molecule has 10 heteroatoms. The standard InChI is InChI=1S/C21H24N4O5S/c1-13-3-6-22-19(9-13)24-21(27)15-4-7-25(8-5-15)31(28,29)18-11-17-16(10-14(18)2)23-20(26)12-30-17/h3,6,9-11,15H,4-5,7-8,12H2,1-2H3,(H,23,26)(H,22,24,27). The van der Waals surface area contributed by atoms with E-state index < -0.39 is 10.0 Å². The van der Waals surface area contributed by atoms with Crippen molar-refractivity contribution in [2.75, 3.05) is 30.3 Å². The number of aromatic nitrogens is 1. The summed E-state index contributed by atoms with van der Waals surface area (Å²) in [5, 5.41) is 5.49. The molecule has 0 unspecified atom stereocenters. The van der Waals surface area contributed by atoms with Crippen LogP contribution in [0.2, 0.25) is 0 Å². The van der Waals surface area contributed by atoms with Crippen LogP contribution in [0.4, 0.5) is 11.5 Å². The highest BCUT2D eigenvalue weighted by atomic mass is 32.2. The van der Waals surface area contributed by atoms with Crippen molar-refractivity contribution in [3.63, 3.8) is 0 Å². The zero-order valence-electron chi connectivity index (χ0n) is 17.3. The number of fused-ring (bicyclic) bond motifs is 1. The molecule has 2 aliphatic rings. The number of pyridine rings is 1. The zero-order valence-corrected chi connectivity index (χ0v) is 18.2. The smallest absolute Gasteiger partial charge is 0.262 e. The van der Waals surface area contributed by atoms with Gasteiger partial charge >= 0.3 is 0 Å². The summed E-state index contributed by atoms with van der Waals surface area (Å²) in [5.41, 5.74) is 1.98. The van der Waals surface area contributed by atoms with Crippen molar-refractivity contribution in [1.82, 2.24) is 9.29 Å². The molecule has 2 aliphatic heterocycles. The quantitative estimate of drug-likeness (QED) is 0.745. The van der Waals surface area contributed by atoms with Crippen LogP contribution in [0.3, 0.4) is 0 Å². The van der Waals surface area contributed by atoms with Crippen LogP contribution in [-0.4, -0.2) is 49.2 Å². The van der Waals surface area contributed by atoms with Crippen LogP contribution in [-0.2, 0) is 19.6 Å². The Balaban J connectivity index is 1.44. The Morgan fingerprint density at radius 1 is 1.23 bits per heavy atom. The number of benzene rings is 1. The maximum atomic E-state index is 13.2. The molecule has 0 saturated carbocycles. The predicted octanol–water partition coefficient (Wildman–Crippen LogP) is 2.07. The van der Waals surface area contributed by atoms with Gasteiger partial charge in [0.25, 0.3) is 5.91 Å². The van der Waals surface area contributed by atoms with E-state index in [0.29, 0.717) is 35.7 Å². The second kappa shape index (κ2) is 8.27. The van der Waals surface area contributed by atoms with Gasteiger partial charge in [-0.3, -0.25) is 9.59 Å². The minimum atomic E-state index is -3.76. The summed E-state index contributed by atoms with van der Waals surface area (Å²) in [6.07, 6.45) is 2.48. The number of nitrogens with one attached hydrogen (secondary N) is 2. The number of rotatable bonds is 4. The number of sulfonamides is 1. The van der Waals surface area contributed by atoms with Gasteiger partial charge in [-0.1, -0.05) is 0 Å².